The highest BCUT2D eigenvalue weighted by atomic mass is 16.5. The highest BCUT2D eigenvalue weighted by molar-refractivity contribution is 5.06. The van der Waals surface area contributed by atoms with Crippen molar-refractivity contribution >= 4 is 0 Å². The Hall–Kier alpha value is -0.800. The molecular weight excluding hydrogens is 192 g/mol. The fourth-order valence-electron chi connectivity index (χ4n) is 2.16. The van der Waals surface area contributed by atoms with Crippen LogP contribution in [0, 0.1) is 11.3 Å². The predicted molar refractivity (Wildman–Crippen MR) is 59.0 cm³/mol. The summed E-state index contributed by atoms with van der Waals surface area (Å²) in [6, 6.07) is 0. The predicted octanol–water partition coefficient (Wildman–Crippen LogP) is 1.82. The largest absolute Gasteiger partial charge is 0.470 e. The maximum atomic E-state index is 9.46. The van der Waals surface area contributed by atoms with Gasteiger partial charge >= 0.3 is 0 Å². The third-order valence-corrected chi connectivity index (χ3v) is 3.44. The van der Waals surface area contributed by atoms with E-state index in [1.165, 1.54) is 6.26 Å². The molecule has 0 radical (unpaired) electrons. The van der Waals surface area contributed by atoms with Crippen LogP contribution in [-0.4, -0.2) is 23.4 Å². The van der Waals surface area contributed by atoms with Gasteiger partial charge in [0, 0.05) is 6.61 Å². The maximum Gasteiger partial charge on any atom is 0.104 e. The highest BCUT2D eigenvalue weighted by Gasteiger charge is 2.38. The lowest BCUT2D eigenvalue weighted by Gasteiger charge is -2.38. The van der Waals surface area contributed by atoms with Crippen molar-refractivity contribution in [2.45, 2.75) is 25.7 Å². The van der Waals surface area contributed by atoms with Crippen LogP contribution in [0.3, 0.4) is 0 Å². The van der Waals surface area contributed by atoms with E-state index in [1.54, 1.807) is 0 Å². The Morgan fingerprint density at radius 2 is 2.00 bits per heavy atom. The minimum Gasteiger partial charge on any atom is -0.470 e. The van der Waals surface area contributed by atoms with Gasteiger partial charge in [-0.15, -0.1) is 0 Å². The summed E-state index contributed by atoms with van der Waals surface area (Å²) in [6.07, 6.45) is 4.81. The van der Waals surface area contributed by atoms with Crippen LogP contribution < -0.4 is 0 Å². The first-order valence-electron chi connectivity index (χ1n) is 5.37. The molecule has 0 amide bonds. The Labute approximate surface area is 91.1 Å². The van der Waals surface area contributed by atoms with Gasteiger partial charge < -0.3 is 14.9 Å². The van der Waals surface area contributed by atoms with E-state index < -0.39 is 0 Å². The van der Waals surface area contributed by atoms with E-state index in [0.29, 0.717) is 11.7 Å². The van der Waals surface area contributed by atoms with Gasteiger partial charge in [-0.05, 0) is 31.6 Å². The number of aliphatic hydroxyl groups is 2. The van der Waals surface area contributed by atoms with Crippen LogP contribution in [0.4, 0.5) is 0 Å². The second-order valence-electron chi connectivity index (χ2n) is 4.27. The summed E-state index contributed by atoms with van der Waals surface area (Å²) in [5, 5.41) is 18.5. The standard InChI is InChI=1S/C12H20O3/c1-3-15-10(2)12(9-14)6-4-11(8-13)5-7-12/h3,11,13-14H,1-2,4-9H2. The first-order chi connectivity index (χ1) is 7.18. The molecule has 1 aliphatic rings. The van der Waals surface area contributed by atoms with Crippen LogP contribution in [0.15, 0.2) is 25.2 Å². The van der Waals surface area contributed by atoms with Crippen LogP contribution in [0.25, 0.3) is 0 Å². The van der Waals surface area contributed by atoms with Crippen molar-refractivity contribution in [2.75, 3.05) is 13.2 Å². The number of rotatable bonds is 5. The molecule has 1 aliphatic carbocycles. The molecule has 0 aliphatic heterocycles. The summed E-state index contributed by atoms with van der Waals surface area (Å²) in [5.74, 6) is 0.956. The minimum absolute atomic E-state index is 0.0534. The molecule has 0 spiro atoms. The zero-order valence-electron chi connectivity index (χ0n) is 9.11. The zero-order chi connectivity index (χ0) is 11.3. The molecule has 0 aromatic carbocycles. The quantitative estimate of drug-likeness (QED) is 0.683. The molecule has 86 valence electrons. The smallest absolute Gasteiger partial charge is 0.104 e. The van der Waals surface area contributed by atoms with Gasteiger partial charge in [-0.3, -0.25) is 0 Å². The molecule has 0 bridgehead atoms. The van der Waals surface area contributed by atoms with Crippen molar-refractivity contribution in [1.29, 1.82) is 0 Å². The van der Waals surface area contributed by atoms with Crippen molar-refractivity contribution in [3.63, 3.8) is 0 Å². The number of hydrogen-bond acceptors (Lipinski definition) is 3. The van der Waals surface area contributed by atoms with Crippen LogP contribution in [0.5, 0.6) is 0 Å². The van der Waals surface area contributed by atoms with E-state index in [0.717, 1.165) is 25.7 Å². The van der Waals surface area contributed by atoms with E-state index >= 15 is 0 Å². The Balaban J connectivity index is 2.63. The fraction of sp³-hybridized carbons (Fsp3) is 0.667. The first kappa shape index (κ1) is 12.3. The van der Waals surface area contributed by atoms with E-state index in [9.17, 15) is 5.11 Å². The Kier molecular flexibility index (Phi) is 4.36. The number of aliphatic hydroxyl groups excluding tert-OH is 2. The topological polar surface area (TPSA) is 49.7 Å². The molecule has 1 rings (SSSR count). The lowest BCUT2D eigenvalue weighted by molar-refractivity contribution is 0.0424. The Bertz CT molecular complexity index is 227. The normalized spacial score (nSPS) is 30.9. The van der Waals surface area contributed by atoms with E-state index in [4.69, 9.17) is 9.84 Å². The molecule has 2 N–H and O–H groups in total. The lowest BCUT2D eigenvalue weighted by atomic mass is 9.70. The zero-order valence-corrected chi connectivity index (χ0v) is 9.11. The minimum atomic E-state index is -0.333. The second-order valence-corrected chi connectivity index (χ2v) is 4.27. The van der Waals surface area contributed by atoms with Gasteiger partial charge in [0.25, 0.3) is 0 Å². The van der Waals surface area contributed by atoms with Gasteiger partial charge in [-0.2, -0.15) is 0 Å². The van der Waals surface area contributed by atoms with Crippen molar-refractivity contribution in [1.82, 2.24) is 0 Å². The molecule has 0 heterocycles. The van der Waals surface area contributed by atoms with E-state index in [-0.39, 0.29) is 18.6 Å². The average Bonchev–Trinajstić information content (AvgIpc) is 2.29. The summed E-state index contributed by atoms with van der Waals surface area (Å²) in [6.45, 7) is 7.62. The summed E-state index contributed by atoms with van der Waals surface area (Å²) in [7, 11) is 0. The average molecular weight is 212 g/mol. The third-order valence-electron chi connectivity index (χ3n) is 3.44. The van der Waals surface area contributed by atoms with Gasteiger partial charge in [0.15, 0.2) is 0 Å². The van der Waals surface area contributed by atoms with Crippen LogP contribution in [0.2, 0.25) is 0 Å². The molecule has 3 heteroatoms. The van der Waals surface area contributed by atoms with Crippen molar-refractivity contribution in [3.05, 3.63) is 25.2 Å². The van der Waals surface area contributed by atoms with Crippen molar-refractivity contribution in [2.24, 2.45) is 11.3 Å². The lowest BCUT2D eigenvalue weighted by Crippen LogP contribution is -2.34. The molecule has 0 aromatic rings. The van der Waals surface area contributed by atoms with Crippen LogP contribution in [0.1, 0.15) is 25.7 Å². The van der Waals surface area contributed by atoms with E-state index in [2.05, 4.69) is 13.2 Å². The van der Waals surface area contributed by atoms with Crippen LogP contribution in [-0.2, 0) is 4.74 Å². The maximum absolute atomic E-state index is 9.46. The SMILES string of the molecule is C=COC(=C)C1(CO)CCC(CO)CC1. The molecular formula is C12H20O3. The van der Waals surface area contributed by atoms with Gasteiger partial charge in [0.05, 0.1) is 18.3 Å². The molecule has 0 atom stereocenters. The monoisotopic (exact) mass is 212 g/mol. The molecule has 0 unspecified atom stereocenters. The molecule has 0 saturated heterocycles. The molecule has 1 saturated carbocycles. The van der Waals surface area contributed by atoms with Crippen molar-refractivity contribution < 1.29 is 14.9 Å². The number of ether oxygens (including phenoxy) is 1. The summed E-state index contributed by atoms with van der Waals surface area (Å²) in [4.78, 5) is 0. The molecule has 15 heavy (non-hydrogen) atoms. The van der Waals surface area contributed by atoms with Gasteiger partial charge in [-0.1, -0.05) is 13.2 Å². The van der Waals surface area contributed by atoms with Gasteiger partial charge in [0.2, 0.25) is 0 Å². The number of hydrogen-bond donors (Lipinski definition) is 2. The first-order valence-corrected chi connectivity index (χ1v) is 5.37. The summed E-state index contributed by atoms with van der Waals surface area (Å²) in [5.41, 5.74) is -0.333. The van der Waals surface area contributed by atoms with Crippen molar-refractivity contribution in [3.8, 4) is 0 Å². The van der Waals surface area contributed by atoms with Gasteiger partial charge in [0.1, 0.15) is 5.76 Å². The highest BCUT2D eigenvalue weighted by Crippen LogP contribution is 2.43. The Morgan fingerprint density at radius 1 is 1.40 bits per heavy atom. The summed E-state index contributed by atoms with van der Waals surface area (Å²) >= 11 is 0. The Morgan fingerprint density at radius 3 is 2.40 bits per heavy atom. The second kappa shape index (κ2) is 5.33. The molecule has 3 nitrogen and oxygen atoms in total. The fourth-order valence-corrected chi connectivity index (χ4v) is 2.16. The van der Waals surface area contributed by atoms with E-state index in [1.807, 2.05) is 0 Å². The van der Waals surface area contributed by atoms with Crippen LogP contribution >= 0.6 is 0 Å². The summed E-state index contributed by atoms with van der Waals surface area (Å²) < 4.78 is 5.19. The molecule has 1 fully saturated rings. The van der Waals surface area contributed by atoms with Gasteiger partial charge in [-0.25, -0.2) is 0 Å². The molecule has 0 aromatic heterocycles. The third kappa shape index (κ3) is 2.61.